The predicted molar refractivity (Wildman–Crippen MR) is 80.2 cm³/mol. The van der Waals surface area contributed by atoms with Crippen molar-refractivity contribution in [1.82, 2.24) is 0 Å². The summed E-state index contributed by atoms with van der Waals surface area (Å²) in [6, 6.07) is 16.8. The smallest absolute Gasteiger partial charge is 0.119 e. The lowest BCUT2D eigenvalue weighted by Crippen LogP contribution is -2.01. The molecule has 0 heterocycles. The molecule has 1 fully saturated rings. The maximum Gasteiger partial charge on any atom is 0.119 e. The fourth-order valence-corrected chi connectivity index (χ4v) is 2.65. The number of rotatable bonds is 4. The summed E-state index contributed by atoms with van der Waals surface area (Å²) in [7, 11) is 0. The van der Waals surface area contributed by atoms with E-state index < -0.39 is 0 Å². The molecule has 1 aliphatic carbocycles. The Morgan fingerprint density at radius 2 is 1.89 bits per heavy atom. The molecule has 0 saturated heterocycles. The van der Waals surface area contributed by atoms with Gasteiger partial charge < -0.3 is 10.5 Å². The van der Waals surface area contributed by atoms with Crippen molar-refractivity contribution in [3.63, 3.8) is 0 Å². The van der Waals surface area contributed by atoms with Gasteiger partial charge in [-0.15, -0.1) is 0 Å². The van der Waals surface area contributed by atoms with Crippen LogP contribution in [0.15, 0.2) is 53.0 Å². The van der Waals surface area contributed by atoms with E-state index in [-0.39, 0.29) is 0 Å². The first-order chi connectivity index (χ1) is 9.22. The average molecular weight is 318 g/mol. The van der Waals surface area contributed by atoms with E-state index in [0.717, 1.165) is 22.2 Å². The van der Waals surface area contributed by atoms with E-state index in [9.17, 15) is 0 Å². The van der Waals surface area contributed by atoms with Gasteiger partial charge in [0.2, 0.25) is 0 Å². The van der Waals surface area contributed by atoms with Crippen molar-refractivity contribution in [3.8, 4) is 5.75 Å². The van der Waals surface area contributed by atoms with Crippen molar-refractivity contribution in [2.45, 2.75) is 25.0 Å². The van der Waals surface area contributed by atoms with E-state index >= 15 is 0 Å². The highest BCUT2D eigenvalue weighted by Crippen LogP contribution is 2.39. The summed E-state index contributed by atoms with van der Waals surface area (Å²) in [6.07, 6.45) is 1.11. The molecule has 0 unspecified atom stereocenters. The standard InChI is InChI=1S/C16H16BrNO/c17-13-3-1-2-11(8-13)10-19-14-6-4-12(5-7-14)15-9-16(15)18/h1-8,15-16H,9-10,18H2/t15-,16+/m0/s1. The van der Waals surface area contributed by atoms with Gasteiger partial charge in [0.1, 0.15) is 12.4 Å². The van der Waals surface area contributed by atoms with E-state index in [2.05, 4.69) is 40.2 Å². The molecule has 2 nitrogen and oxygen atoms in total. The molecule has 2 atom stereocenters. The minimum Gasteiger partial charge on any atom is -0.489 e. The van der Waals surface area contributed by atoms with Crippen LogP contribution in [0.25, 0.3) is 0 Å². The zero-order valence-electron chi connectivity index (χ0n) is 10.6. The van der Waals surface area contributed by atoms with Crippen LogP contribution in [0.3, 0.4) is 0 Å². The fraction of sp³-hybridized carbons (Fsp3) is 0.250. The maximum atomic E-state index is 5.85. The number of benzene rings is 2. The summed E-state index contributed by atoms with van der Waals surface area (Å²) in [5.41, 5.74) is 8.33. The van der Waals surface area contributed by atoms with Crippen LogP contribution in [0.5, 0.6) is 5.75 Å². The first kappa shape index (κ1) is 12.7. The molecular weight excluding hydrogens is 302 g/mol. The van der Waals surface area contributed by atoms with Crippen LogP contribution in [0.4, 0.5) is 0 Å². The van der Waals surface area contributed by atoms with Crippen LogP contribution in [0.1, 0.15) is 23.5 Å². The summed E-state index contributed by atoms with van der Waals surface area (Å²) in [5.74, 6) is 1.46. The molecule has 0 radical (unpaired) electrons. The Labute approximate surface area is 121 Å². The van der Waals surface area contributed by atoms with Crippen molar-refractivity contribution in [3.05, 3.63) is 64.1 Å². The van der Waals surface area contributed by atoms with E-state index in [1.54, 1.807) is 0 Å². The maximum absolute atomic E-state index is 5.85. The van der Waals surface area contributed by atoms with E-state index in [4.69, 9.17) is 10.5 Å². The lowest BCUT2D eigenvalue weighted by atomic mass is 10.1. The molecule has 2 N–H and O–H groups in total. The van der Waals surface area contributed by atoms with Crippen LogP contribution in [-0.2, 0) is 6.61 Å². The highest BCUT2D eigenvalue weighted by atomic mass is 79.9. The van der Waals surface area contributed by atoms with Crippen LogP contribution in [0.2, 0.25) is 0 Å². The molecular formula is C16H16BrNO. The minimum atomic E-state index is 0.355. The van der Waals surface area contributed by atoms with Crippen LogP contribution in [0, 0.1) is 0 Å². The Morgan fingerprint density at radius 1 is 1.16 bits per heavy atom. The SMILES string of the molecule is N[C@@H]1C[C@H]1c1ccc(OCc2cccc(Br)c2)cc1. The summed E-state index contributed by atoms with van der Waals surface area (Å²) in [6.45, 7) is 0.585. The Balaban J connectivity index is 1.61. The molecule has 3 heteroatoms. The third-order valence-electron chi connectivity index (χ3n) is 3.44. The first-order valence-electron chi connectivity index (χ1n) is 6.45. The quantitative estimate of drug-likeness (QED) is 0.929. The highest BCUT2D eigenvalue weighted by Gasteiger charge is 2.34. The van der Waals surface area contributed by atoms with Crippen molar-refractivity contribution < 1.29 is 4.74 Å². The normalized spacial score (nSPS) is 21.2. The molecule has 2 aromatic rings. The molecule has 19 heavy (non-hydrogen) atoms. The lowest BCUT2D eigenvalue weighted by molar-refractivity contribution is 0.306. The molecule has 0 spiro atoms. The molecule has 2 aromatic carbocycles. The van der Waals surface area contributed by atoms with Gasteiger partial charge in [0.15, 0.2) is 0 Å². The van der Waals surface area contributed by atoms with Gasteiger partial charge in [0.05, 0.1) is 0 Å². The zero-order chi connectivity index (χ0) is 13.2. The number of halogens is 1. The third kappa shape index (κ3) is 3.17. The van der Waals surface area contributed by atoms with Crippen LogP contribution < -0.4 is 10.5 Å². The molecule has 1 saturated carbocycles. The first-order valence-corrected chi connectivity index (χ1v) is 7.24. The van der Waals surface area contributed by atoms with Crippen LogP contribution in [-0.4, -0.2) is 6.04 Å². The Morgan fingerprint density at radius 3 is 2.53 bits per heavy atom. The largest absolute Gasteiger partial charge is 0.489 e. The third-order valence-corrected chi connectivity index (χ3v) is 3.94. The zero-order valence-corrected chi connectivity index (χ0v) is 12.1. The second kappa shape index (κ2) is 5.35. The molecule has 0 bridgehead atoms. The highest BCUT2D eigenvalue weighted by molar-refractivity contribution is 9.10. The predicted octanol–water partition coefficient (Wildman–Crippen LogP) is 3.84. The number of hydrogen-bond donors (Lipinski definition) is 1. The summed E-state index contributed by atoms with van der Waals surface area (Å²) < 4.78 is 6.85. The molecule has 3 rings (SSSR count). The number of hydrogen-bond acceptors (Lipinski definition) is 2. The molecule has 1 aliphatic rings. The van der Waals surface area contributed by atoms with Crippen molar-refractivity contribution >= 4 is 15.9 Å². The Bertz CT molecular complexity index is 567. The summed E-state index contributed by atoms with van der Waals surface area (Å²) in [4.78, 5) is 0. The fourth-order valence-electron chi connectivity index (χ4n) is 2.20. The van der Waals surface area contributed by atoms with Gasteiger partial charge in [-0.2, -0.15) is 0 Å². The average Bonchev–Trinajstić information content (AvgIpc) is 3.14. The molecule has 0 aromatic heterocycles. The summed E-state index contributed by atoms with van der Waals surface area (Å²) in [5, 5.41) is 0. The Kier molecular flexibility index (Phi) is 3.58. The summed E-state index contributed by atoms with van der Waals surface area (Å²) >= 11 is 3.46. The van der Waals surface area contributed by atoms with Crippen molar-refractivity contribution in [1.29, 1.82) is 0 Å². The van der Waals surface area contributed by atoms with Gasteiger partial charge >= 0.3 is 0 Å². The second-order valence-electron chi connectivity index (χ2n) is 4.99. The van der Waals surface area contributed by atoms with Crippen molar-refractivity contribution in [2.75, 3.05) is 0 Å². The van der Waals surface area contributed by atoms with Gasteiger partial charge in [-0.1, -0.05) is 40.2 Å². The lowest BCUT2D eigenvalue weighted by Gasteiger charge is -2.07. The number of ether oxygens (including phenoxy) is 1. The van der Waals surface area contributed by atoms with Gasteiger partial charge in [-0.3, -0.25) is 0 Å². The van der Waals surface area contributed by atoms with E-state index in [1.165, 1.54) is 5.56 Å². The van der Waals surface area contributed by atoms with E-state index in [0.29, 0.717) is 18.6 Å². The van der Waals surface area contributed by atoms with Gasteiger partial charge in [-0.25, -0.2) is 0 Å². The van der Waals surface area contributed by atoms with Gasteiger partial charge in [0, 0.05) is 16.4 Å². The molecule has 0 amide bonds. The number of nitrogens with two attached hydrogens (primary N) is 1. The topological polar surface area (TPSA) is 35.2 Å². The minimum absolute atomic E-state index is 0.355. The van der Waals surface area contributed by atoms with Crippen molar-refractivity contribution in [2.24, 2.45) is 5.73 Å². The Hall–Kier alpha value is -1.32. The second-order valence-corrected chi connectivity index (χ2v) is 5.91. The van der Waals surface area contributed by atoms with E-state index in [1.807, 2.05) is 24.3 Å². The molecule has 0 aliphatic heterocycles. The van der Waals surface area contributed by atoms with Crippen LogP contribution >= 0.6 is 15.9 Å². The van der Waals surface area contributed by atoms with Gasteiger partial charge in [-0.05, 0) is 41.8 Å². The van der Waals surface area contributed by atoms with Gasteiger partial charge in [0.25, 0.3) is 0 Å². The monoisotopic (exact) mass is 317 g/mol. The molecule has 98 valence electrons.